The number of carbonyl (C=O) groups is 1. The highest BCUT2D eigenvalue weighted by molar-refractivity contribution is 5.82. The second kappa shape index (κ2) is 3.98. The maximum absolute atomic E-state index is 12.4. The molecule has 5 unspecified atom stereocenters. The Morgan fingerprint density at radius 2 is 1.94 bits per heavy atom. The second-order valence-corrected chi connectivity index (χ2v) is 6.57. The molecular formula is C14H24N2O. The molecule has 0 radical (unpaired) electrons. The standard InChI is InChI=1S/C14H24N2O/c1-8(6-15)7-16(2)14(17)13-11-9-3-4-10(5-9)12(11)13/h8-13H,3-7,15H2,1-2H3. The smallest absolute Gasteiger partial charge is 0.226 e. The number of nitrogens with two attached hydrogens (primary N) is 1. The number of rotatable bonds is 4. The van der Waals surface area contributed by atoms with Crippen molar-refractivity contribution in [3.63, 3.8) is 0 Å². The lowest BCUT2D eigenvalue weighted by atomic mass is 10.0. The van der Waals surface area contributed by atoms with E-state index in [-0.39, 0.29) is 0 Å². The van der Waals surface area contributed by atoms with Crippen LogP contribution in [0.3, 0.4) is 0 Å². The molecule has 0 heterocycles. The molecular weight excluding hydrogens is 212 g/mol. The highest BCUT2D eigenvalue weighted by Crippen LogP contribution is 2.69. The molecule has 96 valence electrons. The molecule has 3 aliphatic rings. The fourth-order valence-electron chi connectivity index (χ4n) is 4.54. The summed E-state index contributed by atoms with van der Waals surface area (Å²) in [6, 6.07) is 0. The highest BCUT2D eigenvalue weighted by atomic mass is 16.2. The predicted molar refractivity (Wildman–Crippen MR) is 67.2 cm³/mol. The van der Waals surface area contributed by atoms with Gasteiger partial charge >= 0.3 is 0 Å². The molecule has 0 saturated heterocycles. The van der Waals surface area contributed by atoms with Crippen LogP contribution in [-0.4, -0.2) is 30.9 Å². The van der Waals surface area contributed by atoms with E-state index in [1.54, 1.807) is 0 Å². The Labute approximate surface area is 104 Å². The number of hydrogen-bond acceptors (Lipinski definition) is 2. The van der Waals surface area contributed by atoms with Crippen molar-refractivity contribution in [2.24, 2.45) is 41.2 Å². The van der Waals surface area contributed by atoms with Gasteiger partial charge in [-0.25, -0.2) is 0 Å². The monoisotopic (exact) mass is 236 g/mol. The van der Waals surface area contributed by atoms with Gasteiger partial charge in [0.05, 0.1) is 0 Å². The van der Waals surface area contributed by atoms with Gasteiger partial charge in [-0.2, -0.15) is 0 Å². The fourth-order valence-corrected chi connectivity index (χ4v) is 4.54. The fraction of sp³-hybridized carbons (Fsp3) is 0.929. The number of nitrogens with zero attached hydrogens (tertiary/aromatic N) is 1. The lowest BCUT2D eigenvalue weighted by Crippen LogP contribution is -2.35. The Bertz CT molecular complexity index is 314. The van der Waals surface area contributed by atoms with Crippen molar-refractivity contribution in [2.45, 2.75) is 26.2 Å². The summed E-state index contributed by atoms with van der Waals surface area (Å²) in [6.45, 7) is 3.60. The molecule has 3 aliphatic carbocycles. The van der Waals surface area contributed by atoms with Gasteiger partial charge in [0.25, 0.3) is 0 Å². The molecule has 0 aromatic rings. The van der Waals surface area contributed by atoms with Crippen molar-refractivity contribution in [1.29, 1.82) is 0 Å². The van der Waals surface area contributed by atoms with E-state index in [4.69, 9.17) is 5.73 Å². The molecule has 2 N–H and O–H groups in total. The van der Waals surface area contributed by atoms with Gasteiger partial charge in [0.15, 0.2) is 0 Å². The topological polar surface area (TPSA) is 46.3 Å². The van der Waals surface area contributed by atoms with Gasteiger partial charge in [-0.15, -0.1) is 0 Å². The second-order valence-electron chi connectivity index (χ2n) is 6.57. The summed E-state index contributed by atoms with van der Waals surface area (Å²) >= 11 is 0. The third-order valence-electron chi connectivity index (χ3n) is 5.38. The summed E-state index contributed by atoms with van der Waals surface area (Å²) in [6.07, 6.45) is 4.19. The average Bonchev–Trinajstić information content (AvgIpc) is 2.75. The Morgan fingerprint density at radius 3 is 2.47 bits per heavy atom. The molecule has 0 aromatic carbocycles. The lowest BCUT2D eigenvalue weighted by Gasteiger charge is -2.22. The molecule has 2 bridgehead atoms. The van der Waals surface area contributed by atoms with Crippen LogP contribution in [0.15, 0.2) is 0 Å². The number of amides is 1. The van der Waals surface area contributed by atoms with E-state index in [9.17, 15) is 4.79 Å². The van der Waals surface area contributed by atoms with Crippen molar-refractivity contribution in [2.75, 3.05) is 20.1 Å². The number of fused-ring (bicyclic) bond motifs is 5. The van der Waals surface area contributed by atoms with Crippen molar-refractivity contribution >= 4 is 5.91 Å². The summed E-state index contributed by atoms with van der Waals surface area (Å²) in [7, 11) is 1.95. The van der Waals surface area contributed by atoms with E-state index in [0.29, 0.717) is 24.3 Å². The first-order valence-corrected chi connectivity index (χ1v) is 7.08. The first kappa shape index (κ1) is 11.5. The summed E-state index contributed by atoms with van der Waals surface area (Å²) in [4.78, 5) is 14.3. The number of hydrogen-bond donors (Lipinski definition) is 1. The third kappa shape index (κ3) is 1.70. The summed E-state index contributed by atoms with van der Waals surface area (Å²) in [5, 5.41) is 0. The summed E-state index contributed by atoms with van der Waals surface area (Å²) in [5.74, 6) is 4.50. The van der Waals surface area contributed by atoms with Crippen LogP contribution < -0.4 is 5.73 Å². The highest BCUT2D eigenvalue weighted by Gasteiger charge is 2.67. The van der Waals surface area contributed by atoms with Crippen LogP contribution in [0.5, 0.6) is 0 Å². The summed E-state index contributed by atoms with van der Waals surface area (Å²) < 4.78 is 0. The minimum absolute atomic E-state index is 0.385. The largest absolute Gasteiger partial charge is 0.345 e. The van der Waals surface area contributed by atoms with Crippen molar-refractivity contribution in [1.82, 2.24) is 4.90 Å². The minimum Gasteiger partial charge on any atom is -0.345 e. The Morgan fingerprint density at radius 1 is 1.35 bits per heavy atom. The van der Waals surface area contributed by atoms with Gasteiger partial charge in [-0.3, -0.25) is 4.79 Å². The van der Waals surface area contributed by atoms with Gasteiger partial charge in [0.2, 0.25) is 5.91 Å². The van der Waals surface area contributed by atoms with Crippen molar-refractivity contribution in [3.05, 3.63) is 0 Å². The van der Waals surface area contributed by atoms with Crippen LogP contribution >= 0.6 is 0 Å². The van der Waals surface area contributed by atoms with E-state index in [1.165, 1.54) is 19.3 Å². The van der Waals surface area contributed by atoms with Gasteiger partial charge in [-0.1, -0.05) is 6.92 Å². The minimum atomic E-state index is 0.385. The molecule has 3 nitrogen and oxygen atoms in total. The van der Waals surface area contributed by atoms with Gasteiger partial charge in [0, 0.05) is 19.5 Å². The van der Waals surface area contributed by atoms with E-state index >= 15 is 0 Å². The maximum atomic E-state index is 12.4. The Balaban J connectivity index is 1.58. The first-order chi connectivity index (χ1) is 8.13. The molecule has 3 heteroatoms. The molecule has 17 heavy (non-hydrogen) atoms. The SMILES string of the molecule is CC(CN)CN(C)C(=O)C1C2C3CCC(C3)C12. The Hall–Kier alpha value is -0.570. The predicted octanol–water partition coefficient (Wildman–Crippen LogP) is 1.33. The zero-order valence-electron chi connectivity index (χ0n) is 10.9. The van der Waals surface area contributed by atoms with E-state index < -0.39 is 0 Å². The normalized spacial score (nSPS) is 43.4. The van der Waals surface area contributed by atoms with Gasteiger partial charge in [0.1, 0.15) is 0 Å². The molecule has 5 atom stereocenters. The molecule has 0 spiro atoms. The van der Waals surface area contributed by atoms with E-state index in [2.05, 4.69) is 6.92 Å². The van der Waals surface area contributed by atoms with Crippen LogP contribution in [0, 0.1) is 35.5 Å². The summed E-state index contributed by atoms with van der Waals surface area (Å²) in [5.41, 5.74) is 5.62. The molecule has 0 aliphatic heterocycles. The van der Waals surface area contributed by atoms with Crippen LogP contribution in [0.4, 0.5) is 0 Å². The molecule has 3 saturated carbocycles. The first-order valence-electron chi connectivity index (χ1n) is 7.08. The molecule has 3 fully saturated rings. The van der Waals surface area contributed by atoms with Crippen LogP contribution in [0.2, 0.25) is 0 Å². The van der Waals surface area contributed by atoms with Gasteiger partial charge < -0.3 is 10.6 Å². The zero-order chi connectivity index (χ0) is 12.2. The Kier molecular flexibility index (Phi) is 2.69. The third-order valence-corrected chi connectivity index (χ3v) is 5.38. The number of carbonyl (C=O) groups excluding carboxylic acids is 1. The molecule has 1 amide bonds. The quantitative estimate of drug-likeness (QED) is 0.800. The molecule has 3 rings (SSSR count). The van der Waals surface area contributed by atoms with Crippen LogP contribution in [-0.2, 0) is 4.79 Å². The average molecular weight is 236 g/mol. The van der Waals surface area contributed by atoms with Crippen molar-refractivity contribution < 1.29 is 4.79 Å². The zero-order valence-corrected chi connectivity index (χ0v) is 10.9. The van der Waals surface area contributed by atoms with E-state index in [1.807, 2.05) is 11.9 Å². The van der Waals surface area contributed by atoms with Crippen molar-refractivity contribution in [3.8, 4) is 0 Å². The lowest BCUT2D eigenvalue weighted by molar-refractivity contribution is -0.132. The van der Waals surface area contributed by atoms with Crippen LogP contribution in [0.25, 0.3) is 0 Å². The molecule has 0 aromatic heterocycles. The van der Waals surface area contributed by atoms with Crippen LogP contribution in [0.1, 0.15) is 26.2 Å². The van der Waals surface area contributed by atoms with Gasteiger partial charge in [-0.05, 0) is 55.4 Å². The maximum Gasteiger partial charge on any atom is 0.226 e. The van der Waals surface area contributed by atoms with E-state index in [0.717, 1.165) is 30.2 Å².